The lowest BCUT2D eigenvalue weighted by molar-refractivity contribution is -0.146. The van der Waals surface area contributed by atoms with Crippen LogP contribution in [0.25, 0.3) is 0 Å². The summed E-state index contributed by atoms with van der Waals surface area (Å²) in [5.41, 5.74) is 11.1. The predicted molar refractivity (Wildman–Crippen MR) is 113 cm³/mol. The molecule has 1 aromatic heterocycles. The van der Waals surface area contributed by atoms with Gasteiger partial charge in [-0.3, -0.25) is 24.0 Å². The van der Waals surface area contributed by atoms with Crippen molar-refractivity contribution < 1.29 is 39.0 Å². The van der Waals surface area contributed by atoms with Gasteiger partial charge in [0.15, 0.2) is 0 Å². The number of carbonyl (C=O) groups excluding carboxylic acids is 4. The Kier molecular flexibility index (Phi) is 9.06. The van der Waals surface area contributed by atoms with Crippen LogP contribution in [0.4, 0.5) is 0 Å². The number of primary amides is 1. The summed E-state index contributed by atoms with van der Waals surface area (Å²) in [6, 6.07) is -5.22. The summed E-state index contributed by atoms with van der Waals surface area (Å²) in [7, 11) is 0. The molecule has 1 saturated heterocycles. The number of H-pyrrole nitrogens is 1. The smallest absolute Gasteiger partial charge is 0.326 e. The third kappa shape index (κ3) is 7.26. The number of likely N-dealkylation sites (tertiary alicyclic amines) is 1. The van der Waals surface area contributed by atoms with Crippen LogP contribution in [0.1, 0.15) is 31.4 Å². The lowest BCUT2D eigenvalue weighted by atomic mass is 10.1. The number of nitrogens with one attached hydrogen (secondary N) is 3. The summed E-state index contributed by atoms with van der Waals surface area (Å²) in [6.45, 7) is 0.154. The number of hydrogen-bond acceptors (Lipinski definition) is 8. The van der Waals surface area contributed by atoms with Crippen molar-refractivity contribution in [2.75, 3.05) is 6.54 Å². The minimum atomic E-state index is -1.56. The van der Waals surface area contributed by atoms with Crippen molar-refractivity contribution in [3.05, 3.63) is 18.2 Å². The van der Waals surface area contributed by atoms with Gasteiger partial charge >= 0.3 is 11.9 Å². The molecule has 15 nitrogen and oxygen atoms in total. The summed E-state index contributed by atoms with van der Waals surface area (Å²) in [5, 5.41) is 22.7. The average Bonchev–Trinajstić information content (AvgIpc) is 3.43. The number of carboxylic acids is 2. The Morgan fingerprint density at radius 1 is 1.15 bits per heavy atom. The lowest BCUT2D eigenvalue weighted by Crippen LogP contribution is -2.57. The number of aromatic amines is 1. The summed E-state index contributed by atoms with van der Waals surface area (Å²) < 4.78 is 0. The lowest BCUT2D eigenvalue weighted by Gasteiger charge is -2.29. The predicted octanol–water partition coefficient (Wildman–Crippen LogP) is -3.33. The Morgan fingerprint density at radius 3 is 2.41 bits per heavy atom. The molecule has 0 radical (unpaired) electrons. The molecule has 2 heterocycles. The fraction of sp³-hybridized carbons (Fsp3) is 0.526. The van der Waals surface area contributed by atoms with Gasteiger partial charge in [0, 0.05) is 24.9 Å². The number of imidazole rings is 1. The van der Waals surface area contributed by atoms with Gasteiger partial charge in [-0.1, -0.05) is 0 Å². The van der Waals surface area contributed by atoms with Crippen LogP contribution in [0, 0.1) is 0 Å². The second kappa shape index (κ2) is 11.7. The van der Waals surface area contributed by atoms with E-state index in [1.165, 1.54) is 17.4 Å². The van der Waals surface area contributed by atoms with Gasteiger partial charge in [-0.05, 0) is 12.8 Å². The molecule has 1 aliphatic rings. The second-order valence-electron chi connectivity index (χ2n) is 7.81. The third-order valence-corrected chi connectivity index (χ3v) is 5.18. The number of carbonyl (C=O) groups is 6. The molecule has 186 valence electrons. The maximum Gasteiger partial charge on any atom is 0.326 e. The molecule has 0 aromatic carbocycles. The summed E-state index contributed by atoms with van der Waals surface area (Å²) in [6.07, 6.45) is 2.13. The third-order valence-electron chi connectivity index (χ3n) is 5.18. The van der Waals surface area contributed by atoms with Crippen LogP contribution in [0.15, 0.2) is 12.5 Å². The zero-order valence-electron chi connectivity index (χ0n) is 18.1. The van der Waals surface area contributed by atoms with E-state index in [2.05, 4.69) is 20.6 Å². The molecule has 0 aliphatic carbocycles. The highest BCUT2D eigenvalue weighted by molar-refractivity contribution is 5.95. The molecule has 4 amide bonds. The van der Waals surface area contributed by atoms with E-state index < -0.39 is 72.6 Å². The number of amides is 4. The van der Waals surface area contributed by atoms with Gasteiger partial charge < -0.3 is 42.2 Å². The molecule has 4 atom stereocenters. The molecular weight excluding hydrogens is 454 g/mol. The molecule has 2 rings (SSSR count). The van der Waals surface area contributed by atoms with Crippen LogP contribution in [0.5, 0.6) is 0 Å². The number of carboxylic acid groups (broad SMARTS) is 2. The van der Waals surface area contributed by atoms with E-state index in [9.17, 15) is 33.9 Å². The summed E-state index contributed by atoms with van der Waals surface area (Å²) >= 11 is 0. The van der Waals surface area contributed by atoms with Gasteiger partial charge in [0.25, 0.3) is 0 Å². The molecule has 0 bridgehead atoms. The van der Waals surface area contributed by atoms with E-state index in [4.69, 9.17) is 16.6 Å². The number of nitrogens with two attached hydrogens (primary N) is 2. The van der Waals surface area contributed by atoms with Crippen molar-refractivity contribution in [1.29, 1.82) is 0 Å². The van der Waals surface area contributed by atoms with Gasteiger partial charge in [0.05, 0.1) is 25.2 Å². The van der Waals surface area contributed by atoms with E-state index >= 15 is 0 Å². The highest BCUT2D eigenvalue weighted by atomic mass is 16.4. The van der Waals surface area contributed by atoms with Crippen molar-refractivity contribution in [3.63, 3.8) is 0 Å². The Labute approximate surface area is 193 Å². The summed E-state index contributed by atoms with van der Waals surface area (Å²) in [5.74, 6) is -5.97. The van der Waals surface area contributed by atoms with Crippen molar-refractivity contribution >= 4 is 35.6 Å². The van der Waals surface area contributed by atoms with E-state index in [1.807, 2.05) is 0 Å². The zero-order chi connectivity index (χ0) is 25.4. The number of rotatable bonds is 12. The largest absolute Gasteiger partial charge is 0.481 e. The van der Waals surface area contributed by atoms with Crippen LogP contribution >= 0.6 is 0 Å². The average molecular weight is 481 g/mol. The van der Waals surface area contributed by atoms with Crippen molar-refractivity contribution in [1.82, 2.24) is 25.5 Å². The van der Waals surface area contributed by atoms with Crippen LogP contribution in [0.2, 0.25) is 0 Å². The molecule has 0 spiro atoms. The highest BCUT2D eigenvalue weighted by Crippen LogP contribution is 2.20. The molecule has 1 aromatic rings. The molecular formula is C19H27N7O8. The van der Waals surface area contributed by atoms with Gasteiger partial charge in [-0.25, -0.2) is 9.78 Å². The first-order chi connectivity index (χ1) is 16.0. The maximum absolute atomic E-state index is 13.3. The molecule has 34 heavy (non-hydrogen) atoms. The first-order valence-electron chi connectivity index (χ1n) is 10.4. The first-order valence-corrected chi connectivity index (χ1v) is 10.4. The fourth-order valence-electron chi connectivity index (χ4n) is 3.55. The molecule has 1 aliphatic heterocycles. The van der Waals surface area contributed by atoms with Gasteiger partial charge in [-0.2, -0.15) is 0 Å². The summed E-state index contributed by atoms with van der Waals surface area (Å²) in [4.78, 5) is 79.6. The van der Waals surface area contributed by atoms with E-state index in [0.29, 0.717) is 12.1 Å². The Balaban J connectivity index is 2.18. The normalized spacial score (nSPS) is 17.9. The Morgan fingerprint density at radius 2 is 1.85 bits per heavy atom. The van der Waals surface area contributed by atoms with E-state index in [1.54, 1.807) is 0 Å². The molecule has 1 fully saturated rings. The van der Waals surface area contributed by atoms with Crippen LogP contribution in [-0.2, 0) is 35.2 Å². The minimum absolute atomic E-state index is 0.0470. The molecule has 4 unspecified atom stereocenters. The van der Waals surface area contributed by atoms with Gasteiger partial charge in [-0.15, -0.1) is 0 Å². The van der Waals surface area contributed by atoms with E-state index in [0.717, 1.165) is 0 Å². The zero-order valence-corrected chi connectivity index (χ0v) is 18.1. The SMILES string of the molecule is NC(=O)CC(NC(=O)C1CCCN1C(=O)C(Cc1cnc[nH]1)NC(=O)C(N)CC(=O)O)C(=O)O. The molecule has 9 N–H and O–H groups in total. The van der Waals surface area contributed by atoms with Crippen molar-refractivity contribution in [3.8, 4) is 0 Å². The number of hydrogen-bond donors (Lipinski definition) is 7. The topological polar surface area (TPSA) is 251 Å². The van der Waals surface area contributed by atoms with Crippen molar-refractivity contribution in [2.45, 2.75) is 56.3 Å². The fourth-order valence-corrected chi connectivity index (χ4v) is 3.55. The van der Waals surface area contributed by atoms with Crippen LogP contribution in [0.3, 0.4) is 0 Å². The van der Waals surface area contributed by atoms with Crippen LogP contribution in [-0.4, -0.2) is 91.4 Å². The monoisotopic (exact) mass is 481 g/mol. The molecule has 0 saturated carbocycles. The second-order valence-corrected chi connectivity index (χ2v) is 7.81. The number of aromatic nitrogens is 2. The Hall–Kier alpha value is -4.01. The standard InChI is InChI=1S/C19H27N7O8/c20-10(5-15(28)29)16(30)24-11(4-9-7-22-8-23-9)18(32)26-3-1-2-13(26)17(31)25-12(19(33)34)6-14(21)27/h7-8,10-13H,1-6,20H2,(H2,21,27)(H,22,23)(H,24,30)(H,25,31)(H,28,29)(H,33,34). The van der Waals surface area contributed by atoms with Crippen molar-refractivity contribution in [2.24, 2.45) is 11.5 Å². The maximum atomic E-state index is 13.3. The highest BCUT2D eigenvalue weighted by Gasteiger charge is 2.39. The quantitative estimate of drug-likeness (QED) is 0.156. The first kappa shape index (κ1) is 26.2. The van der Waals surface area contributed by atoms with Gasteiger partial charge in [0.2, 0.25) is 23.6 Å². The Bertz CT molecular complexity index is 935. The number of nitrogens with zero attached hydrogens (tertiary/aromatic N) is 2. The number of aliphatic carboxylic acids is 2. The minimum Gasteiger partial charge on any atom is -0.481 e. The van der Waals surface area contributed by atoms with Gasteiger partial charge in [0.1, 0.15) is 18.1 Å². The van der Waals surface area contributed by atoms with Crippen LogP contribution < -0.4 is 22.1 Å². The van der Waals surface area contributed by atoms with E-state index in [-0.39, 0.29) is 19.4 Å². The molecule has 15 heteroatoms.